The highest BCUT2D eigenvalue weighted by atomic mass is 35.5. The molecule has 5 heteroatoms. The average molecular weight is 293 g/mol. The van der Waals surface area contributed by atoms with Gasteiger partial charge in [-0.25, -0.2) is 4.79 Å². The fourth-order valence-electron chi connectivity index (χ4n) is 2.43. The van der Waals surface area contributed by atoms with Gasteiger partial charge in [-0.2, -0.15) is 5.10 Å². The van der Waals surface area contributed by atoms with Crippen LogP contribution >= 0.6 is 11.6 Å². The monoisotopic (exact) mass is 292 g/mol. The molecule has 0 radical (unpaired) electrons. The van der Waals surface area contributed by atoms with Crippen molar-refractivity contribution in [3.8, 4) is 11.1 Å². The zero-order chi connectivity index (χ0) is 14.9. The molecule has 1 aromatic heterocycles. The highest BCUT2D eigenvalue weighted by Gasteiger charge is 2.19. The summed E-state index contributed by atoms with van der Waals surface area (Å²) in [4.78, 5) is 11.4. The van der Waals surface area contributed by atoms with Gasteiger partial charge in [0.05, 0.1) is 11.3 Å². The van der Waals surface area contributed by atoms with E-state index in [0.29, 0.717) is 10.6 Å². The molecule has 0 saturated heterocycles. The summed E-state index contributed by atoms with van der Waals surface area (Å²) in [5.74, 6) is -0.982. The van der Waals surface area contributed by atoms with Crippen molar-refractivity contribution in [1.82, 2.24) is 9.78 Å². The minimum absolute atomic E-state index is 0.208. The third-order valence-corrected chi connectivity index (χ3v) is 3.53. The van der Waals surface area contributed by atoms with Gasteiger partial charge in [0.25, 0.3) is 0 Å². The van der Waals surface area contributed by atoms with Crippen LogP contribution in [0.3, 0.4) is 0 Å². The van der Waals surface area contributed by atoms with Crippen LogP contribution in [-0.2, 0) is 6.54 Å². The normalized spacial score (nSPS) is 10.8. The molecule has 0 bridgehead atoms. The number of benzene rings is 1. The fraction of sp³-hybridized carbons (Fsp3) is 0.333. The molecular weight excluding hydrogens is 276 g/mol. The van der Waals surface area contributed by atoms with Crippen molar-refractivity contribution in [2.45, 2.75) is 33.7 Å². The molecule has 0 fully saturated rings. The molecule has 0 aliphatic rings. The van der Waals surface area contributed by atoms with Crippen LogP contribution in [0.25, 0.3) is 11.1 Å². The third kappa shape index (κ3) is 2.56. The molecule has 1 aromatic carbocycles. The smallest absolute Gasteiger partial charge is 0.336 e. The Morgan fingerprint density at radius 2 is 2.10 bits per heavy atom. The molecule has 0 amide bonds. The first-order valence-corrected chi connectivity index (χ1v) is 6.90. The van der Waals surface area contributed by atoms with E-state index in [2.05, 4.69) is 12.0 Å². The summed E-state index contributed by atoms with van der Waals surface area (Å²) in [6.07, 6.45) is 0.980. The van der Waals surface area contributed by atoms with Crippen LogP contribution in [0.15, 0.2) is 18.2 Å². The van der Waals surface area contributed by atoms with Gasteiger partial charge in [0.15, 0.2) is 0 Å². The third-order valence-electron chi connectivity index (χ3n) is 3.30. The molecule has 0 atom stereocenters. The second-order valence-electron chi connectivity index (χ2n) is 4.76. The molecule has 0 aliphatic carbocycles. The maximum absolute atomic E-state index is 11.4. The number of aromatic nitrogens is 2. The van der Waals surface area contributed by atoms with E-state index in [1.54, 1.807) is 12.1 Å². The van der Waals surface area contributed by atoms with E-state index < -0.39 is 5.97 Å². The average Bonchev–Trinajstić information content (AvgIpc) is 2.65. The van der Waals surface area contributed by atoms with Crippen LogP contribution < -0.4 is 0 Å². The Hall–Kier alpha value is -1.81. The maximum Gasteiger partial charge on any atom is 0.336 e. The van der Waals surface area contributed by atoms with Crippen molar-refractivity contribution >= 4 is 17.6 Å². The number of nitrogens with zero attached hydrogens (tertiary/aromatic N) is 2. The molecule has 106 valence electrons. The Morgan fingerprint density at radius 3 is 2.70 bits per heavy atom. The van der Waals surface area contributed by atoms with Gasteiger partial charge >= 0.3 is 5.97 Å². The van der Waals surface area contributed by atoms with Gasteiger partial charge < -0.3 is 5.11 Å². The highest BCUT2D eigenvalue weighted by molar-refractivity contribution is 6.31. The van der Waals surface area contributed by atoms with Crippen LogP contribution in [0.1, 0.15) is 35.1 Å². The molecule has 1 heterocycles. The lowest BCUT2D eigenvalue weighted by Crippen LogP contribution is -2.02. The summed E-state index contributed by atoms with van der Waals surface area (Å²) < 4.78 is 1.92. The molecule has 20 heavy (non-hydrogen) atoms. The Bertz CT molecular complexity index is 662. The number of aryl methyl sites for hydroxylation is 2. The lowest BCUT2D eigenvalue weighted by atomic mass is 9.98. The maximum atomic E-state index is 11.4. The molecule has 0 aliphatic heterocycles. The van der Waals surface area contributed by atoms with E-state index in [0.717, 1.165) is 29.9 Å². The second kappa shape index (κ2) is 5.67. The van der Waals surface area contributed by atoms with E-state index in [-0.39, 0.29) is 5.56 Å². The van der Waals surface area contributed by atoms with Crippen molar-refractivity contribution in [2.24, 2.45) is 0 Å². The van der Waals surface area contributed by atoms with Crippen molar-refractivity contribution in [2.75, 3.05) is 0 Å². The zero-order valence-electron chi connectivity index (χ0n) is 11.8. The molecule has 0 saturated carbocycles. The Morgan fingerprint density at radius 1 is 1.40 bits per heavy atom. The van der Waals surface area contributed by atoms with Crippen LogP contribution in [0.5, 0.6) is 0 Å². The van der Waals surface area contributed by atoms with E-state index in [9.17, 15) is 9.90 Å². The van der Waals surface area contributed by atoms with Crippen molar-refractivity contribution in [3.05, 3.63) is 40.2 Å². The predicted octanol–water partition coefficient (Wildman–Crippen LogP) is 3.93. The van der Waals surface area contributed by atoms with Gasteiger partial charge in [-0.1, -0.05) is 24.6 Å². The Labute approximate surface area is 123 Å². The SMILES string of the molecule is CCCn1nc(C)c(-c2ccc(Cl)cc2C(=O)O)c1C. The van der Waals surface area contributed by atoms with Gasteiger partial charge in [0.1, 0.15) is 0 Å². The molecule has 2 aromatic rings. The summed E-state index contributed by atoms with van der Waals surface area (Å²) in [5.41, 5.74) is 3.57. The summed E-state index contributed by atoms with van der Waals surface area (Å²) in [6, 6.07) is 4.94. The lowest BCUT2D eigenvalue weighted by Gasteiger charge is -2.08. The summed E-state index contributed by atoms with van der Waals surface area (Å²) in [6.45, 7) is 6.77. The number of carboxylic acid groups (broad SMARTS) is 1. The van der Waals surface area contributed by atoms with Crippen molar-refractivity contribution < 1.29 is 9.90 Å². The van der Waals surface area contributed by atoms with Gasteiger partial charge in [-0.15, -0.1) is 0 Å². The van der Waals surface area contributed by atoms with Crippen LogP contribution in [0.2, 0.25) is 5.02 Å². The summed E-state index contributed by atoms with van der Waals surface area (Å²) >= 11 is 5.90. The lowest BCUT2D eigenvalue weighted by molar-refractivity contribution is 0.0697. The molecule has 4 nitrogen and oxygen atoms in total. The molecular formula is C15H17ClN2O2. The standard InChI is InChI=1S/C15H17ClN2O2/c1-4-7-18-10(3)14(9(2)17-18)12-6-5-11(16)8-13(12)15(19)20/h5-6,8H,4,7H2,1-3H3,(H,19,20). The molecule has 2 rings (SSSR count). The van der Waals surface area contributed by atoms with E-state index in [4.69, 9.17) is 11.6 Å². The Balaban J connectivity index is 2.65. The van der Waals surface area contributed by atoms with Gasteiger partial charge in [-0.3, -0.25) is 4.68 Å². The van der Waals surface area contributed by atoms with Crippen molar-refractivity contribution in [1.29, 1.82) is 0 Å². The minimum atomic E-state index is -0.982. The largest absolute Gasteiger partial charge is 0.478 e. The number of aromatic carboxylic acids is 1. The molecule has 1 N–H and O–H groups in total. The first-order chi connectivity index (χ1) is 9.45. The van der Waals surface area contributed by atoms with Gasteiger partial charge in [-0.05, 0) is 38.0 Å². The first-order valence-electron chi connectivity index (χ1n) is 6.53. The van der Waals surface area contributed by atoms with Crippen LogP contribution in [0.4, 0.5) is 0 Å². The second-order valence-corrected chi connectivity index (χ2v) is 5.20. The predicted molar refractivity (Wildman–Crippen MR) is 79.4 cm³/mol. The van der Waals surface area contributed by atoms with Gasteiger partial charge in [0, 0.05) is 22.8 Å². The molecule has 0 spiro atoms. The van der Waals surface area contributed by atoms with E-state index in [1.165, 1.54) is 6.07 Å². The number of rotatable bonds is 4. The summed E-state index contributed by atoms with van der Waals surface area (Å²) in [7, 11) is 0. The minimum Gasteiger partial charge on any atom is -0.478 e. The number of carboxylic acids is 1. The Kier molecular flexibility index (Phi) is 4.14. The quantitative estimate of drug-likeness (QED) is 0.929. The topological polar surface area (TPSA) is 55.1 Å². The van der Waals surface area contributed by atoms with Crippen molar-refractivity contribution in [3.63, 3.8) is 0 Å². The molecule has 0 unspecified atom stereocenters. The zero-order valence-corrected chi connectivity index (χ0v) is 12.5. The fourth-order valence-corrected chi connectivity index (χ4v) is 2.60. The van der Waals surface area contributed by atoms with E-state index in [1.807, 2.05) is 18.5 Å². The van der Waals surface area contributed by atoms with Crippen LogP contribution in [-0.4, -0.2) is 20.9 Å². The summed E-state index contributed by atoms with van der Waals surface area (Å²) in [5, 5.41) is 14.3. The number of carbonyl (C=O) groups is 1. The van der Waals surface area contributed by atoms with Crippen LogP contribution in [0, 0.1) is 13.8 Å². The number of halogens is 1. The number of hydrogen-bond donors (Lipinski definition) is 1. The highest BCUT2D eigenvalue weighted by Crippen LogP contribution is 2.31. The first kappa shape index (κ1) is 14.6. The van der Waals surface area contributed by atoms with Gasteiger partial charge in [0.2, 0.25) is 0 Å². The number of hydrogen-bond acceptors (Lipinski definition) is 2. The van der Waals surface area contributed by atoms with E-state index >= 15 is 0 Å².